The largest absolute Gasteiger partial charge is 0.462 e. The molecule has 40 heteroatoms. The molecule has 0 spiro atoms. The predicted molar refractivity (Wildman–Crippen MR) is 546 cm³/mol. The van der Waals surface area contributed by atoms with Crippen molar-refractivity contribution in [2.24, 2.45) is 0 Å². The first-order chi connectivity index (χ1) is 68.1. The highest BCUT2D eigenvalue weighted by molar-refractivity contribution is 6.34. The fraction of sp³-hybridized carbons (Fsp3) is 0.408. The number of nitrogen functional groups attached to an aromatic ring is 2. The van der Waals surface area contributed by atoms with E-state index in [1.807, 2.05) is 142 Å². The van der Waals surface area contributed by atoms with Crippen molar-refractivity contribution in [3.8, 4) is 68.9 Å². The minimum atomic E-state index is -0.846. The van der Waals surface area contributed by atoms with Gasteiger partial charge in [-0.1, -0.05) is 123 Å². The van der Waals surface area contributed by atoms with Crippen LogP contribution in [0.25, 0.3) is 83.9 Å². The number of amides is 3. The third-order valence-electron chi connectivity index (χ3n) is 25.8. The highest BCUT2D eigenvalue weighted by atomic mass is 35.5. The van der Waals surface area contributed by atoms with Gasteiger partial charge in [0.2, 0.25) is 23.5 Å². The Morgan fingerprint density at radius 2 is 0.839 bits per heavy atom. The molecule has 143 heavy (non-hydrogen) atoms. The Hall–Kier alpha value is -14.3. The summed E-state index contributed by atoms with van der Waals surface area (Å²) in [6.45, 7) is 39.4. The van der Waals surface area contributed by atoms with Gasteiger partial charge in [0.1, 0.15) is 59.9 Å². The number of hydrogen-bond acceptors (Lipinski definition) is 28. The van der Waals surface area contributed by atoms with E-state index in [0.29, 0.717) is 152 Å². The van der Waals surface area contributed by atoms with Crippen LogP contribution in [0.2, 0.25) is 10.0 Å². The highest BCUT2D eigenvalue weighted by Gasteiger charge is 2.42. The predicted octanol–water partition coefficient (Wildman–Crippen LogP) is 14.8. The van der Waals surface area contributed by atoms with Crippen molar-refractivity contribution in [1.82, 2.24) is 98.0 Å². The van der Waals surface area contributed by atoms with Crippen LogP contribution in [0.15, 0.2) is 131 Å². The maximum absolute atomic E-state index is 16.0. The Balaban J connectivity index is 0.000000162. The molecule has 0 bridgehead atoms. The average molecular weight is 1990 g/mol. The van der Waals surface area contributed by atoms with Crippen LogP contribution in [0.5, 0.6) is 12.0 Å². The average Bonchev–Trinajstić information content (AvgIpc) is 1.65. The minimum absolute atomic E-state index is 0.00635. The second-order valence-electron chi connectivity index (χ2n) is 38.2. The molecule has 2 aliphatic carbocycles. The molecule has 12 aromatic rings. The lowest BCUT2D eigenvalue weighted by Crippen LogP contribution is -2.58. The number of piperazine rings is 3. The number of carbonyl (C=O) groups is 3. The van der Waals surface area contributed by atoms with E-state index < -0.39 is 40.3 Å². The van der Waals surface area contributed by atoms with Crippen LogP contribution >= 0.6 is 23.2 Å². The summed E-state index contributed by atoms with van der Waals surface area (Å²) in [4.78, 5) is 152. The van der Waals surface area contributed by atoms with Crippen LogP contribution in [0, 0.1) is 34.6 Å². The molecule has 3 aliphatic heterocycles. The molecule has 34 nitrogen and oxygen atoms in total. The maximum Gasteiger partial charge on any atom is 0.355 e. The Kier molecular flexibility index (Phi) is 30.9. The number of nitrogens with two attached hydrogens (primary N) is 2. The van der Waals surface area contributed by atoms with Gasteiger partial charge in [0.25, 0.3) is 0 Å². The molecule has 5 fully saturated rings. The molecule has 4 N–H and O–H groups in total. The second-order valence-corrected chi connectivity index (χ2v) is 39.0. The summed E-state index contributed by atoms with van der Waals surface area (Å²) in [6.07, 6.45) is 7.13. The van der Waals surface area contributed by atoms with Gasteiger partial charge in [-0.3, -0.25) is 14.4 Å². The number of anilines is 5. The SMILES string of the molecule is C=CC(=O)N1CCN(c2nc(=O)n(-c3c(C(C)C)nc(OCCN(C)C)nc3C(C)C)c3nc(-c4c(N)cccc4F)c(Cl)cc23)[C@@H](C)C1.C=CC(=O)N1CCN(c2nc(=O)n(-c3c(C4CC4)nc(C#N)nc3C3CC3)c3nc(-c4c(N)cccc4F)c(F)cc23)[C@@H](C)C1.C=CC(=O)N1C[C@H](C)N(c2nc(=O)n(-c3c(C(C)C)nc(OCCN(C)C)nc3C(C)C)c3nc(-c4ccccc4F)c(Cl)cc23)C[C@H]1C. The summed E-state index contributed by atoms with van der Waals surface area (Å²) in [5, 5.41) is 11.2. The smallest absolute Gasteiger partial charge is 0.355 e. The van der Waals surface area contributed by atoms with Gasteiger partial charge in [-0.15, -0.1) is 0 Å². The molecule has 2 saturated carbocycles. The zero-order valence-corrected chi connectivity index (χ0v) is 84.4. The van der Waals surface area contributed by atoms with Gasteiger partial charge in [0.05, 0.1) is 99.9 Å². The number of nitrogens with zero attached hydrogens (tertiary/aromatic N) is 24. The number of halogens is 6. The van der Waals surface area contributed by atoms with Gasteiger partial charge in [-0.2, -0.15) is 40.1 Å². The third-order valence-corrected chi connectivity index (χ3v) is 26.4. The monoisotopic (exact) mass is 1990 g/mol. The molecule has 9 aromatic heterocycles. The van der Waals surface area contributed by atoms with Crippen molar-refractivity contribution in [3.05, 3.63) is 222 Å². The molecule has 0 unspecified atom stereocenters. The summed E-state index contributed by atoms with van der Waals surface area (Å²) >= 11 is 13.8. The summed E-state index contributed by atoms with van der Waals surface area (Å²) in [5.41, 5.74) is 15.6. The first-order valence-electron chi connectivity index (χ1n) is 47.7. The Morgan fingerprint density at radius 1 is 0.462 bits per heavy atom. The van der Waals surface area contributed by atoms with E-state index in [9.17, 15) is 34.0 Å². The van der Waals surface area contributed by atoms with Crippen LogP contribution in [0.3, 0.4) is 0 Å². The van der Waals surface area contributed by atoms with E-state index >= 15 is 17.6 Å². The Bertz CT molecular complexity index is 7130. The summed E-state index contributed by atoms with van der Waals surface area (Å²) < 4.78 is 77.9. The van der Waals surface area contributed by atoms with Gasteiger partial charge in [0.15, 0.2) is 22.8 Å². The van der Waals surface area contributed by atoms with Crippen molar-refractivity contribution in [3.63, 3.8) is 0 Å². The van der Waals surface area contributed by atoms with Crippen LogP contribution in [0.1, 0.15) is 184 Å². The number of hydrogen-bond donors (Lipinski definition) is 2. The van der Waals surface area contributed by atoms with Gasteiger partial charge < -0.3 is 60.1 Å². The van der Waals surface area contributed by atoms with Crippen molar-refractivity contribution in [1.29, 1.82) is 5.26 Å². The standard InChI is InChI=1S/C36H44ClFN8O3.C35H43ClFN9O3.C32H29F2N9O2/c1-10-28(47)44-18-23(7)45(19-22(44)6)33-25-17-26(37)31(24-13-11-12-14-27(24)38)39-34(25)46(36(48)42-33)32-29(20(2)3)40-35(41-30(32)21(4)5)49-16-15-43(8)9;1-9-26(47)44-13-14-45(21(6)18-44)32-22-17-23(36)30(27-24(37)11-10-12-25(27)38)39-33(22)46(35(48)42-32)31-28(19(2)3)40-34(41-29(31)20(4)5)49-16-15-43(7)8;1-3-24(44)41-11-12-42(16(2)15-41)30-19-13-21(34)28(25-20(33)5-4-6-22(25)36)39-31(19)43(32(45)40-30)29-26(17-7-8-17)37-23(14-35)38-27(29)18-9-10-18/h10-14,17,20-23H,1,15-16,18-19H2,2-9H3;9-12,17,19-21H,1,13-16,18,38H2,2-8H3;3-6,13,16-18H,1,7-12,15,36H2,2H3/t22-,23+;21-;16-/m100/s1. The lowest BCUT2D eigenvalue weighted by molar-refractivity contribution is -0.129. The van der Waals surface area contributed by atoms with E-state index in [2.05, 4.69) is 49.6 Å². The van der Waals surface area contributed by atoms with Crippen LogP contribution in [-0.2, 0) is 14.4 Å². The van der Waals surface area contributed by atoms with Crippen molar-refractivity contribution in [2.75, 3.05) is 133 Å². The summed E-state index contributed by atoms with van der Waals surface area (Å²) in [6, 6.07) is 20.7. The second kappa shape index (κ2) is 42.9. The van der Waals surface area contributed by atoms with E-state index in [0.717, 1.165) is 25.7 Å². The van der Waals surface area contributed by atoms with E-state index in [4.69, 9.17) is 74.0 Å². The fourth-order valence-corrected chi connectivity index (χ4v) is 18.7. The van der Waals surface area contributed by atoms with Crippen LogP contribution < -0.4 is 52.7 Å². The van der Waals surface area contributed by atoms with Gasteiger partial charge in [-0.05, 0) is 178 Å². The molecule has 3 saturated heterocycles. The normalized spacial score (nSPS) is 16.6. The zero-order chi connectivity index (χ0) is 103. The third kappa shape index (κ3) is 21.2. The molecule has 3 aromatic carbocycles. The quantitative estimate of drug-likeness (QED) is 0.0289. The topological polar surface area (TPSA) is 392 Å². The highest BCUT2D eigenvalue weighted by Crippen LogP contribution is 2.50. The number of rotatable bonds is 26. The number of likely N-dealkylation sites (N-methyl/N-ethyl adjacent to an activating group) is 2. The molecule has 0 radical (unpaired) electrons. The zero-order valence-electron chi connectivity index (χ0n) is 82.9. The number of benzene rings is 3. The molecule has 748 valence electrons. The number of aromatic nitrogens is 15. The molecular formula is C103H116Cl2F4N26O8. The lowest BCUT2D eigenvalue weighted by atomic mass is 10.0. The van der Waals surface area contributed by atoms with E-state index in [1.165, 1.54) is 74.4 Å². The molecule has 3 amide bonds. The number of ether oxygens (including phenoxy) is 2. The minimum Gasteiger partial charge on any atom is -0.462 e. The van der Waals surface area contributed by atoms with Crippen LogP contribution in [0.4, 0.5) is 46.4 Å². The molecule has 17 rings (SSSR count). The number of fused-ring (bicyclic) bond motifs is 3. The lowest BCUT2D eigenvalue weighted by Gasteiger charge is -2.44. The molecule has 12 heterocycles. The van der Waals surface area contributed by atoms with E-state index in [-0.39, 0.29) is 179 Å². The van der Waals surface area contributed by atoms with Crippen LogP contribution in [-0.4, -0.2) is 247 Å². The Morgan fingerprint density at radius 3 is 1.23 bits per heavy atom. The first-order valence-corrected chi connectivity index (χ1v) is 48.4. The number of carbonyl (C=O) groups excluding carboxylic acids is 3. The van der Waals surface area contributed by atoms with Gasteiger partial charge in [-0.25, -0.2) is 70.6 Å². The van der Waals surface area contributed by atoms with E-state index in [1.54, 1.807) is 51.1 Å². The number of pyridine rings is 3. The van der Waals surface area contributed by atoms with Gasteiger partial charge >= 0.3 is 29.1 Å². The fourth-order valence-electron chi connectivity index (χ4n) is 18.2. The summed E-state index contributed by atoms with van der Waals surface area (Å²) in [7, 11) is 7.81. The first kappa shape index (κ1) is 103. The van der Waals surface area contributed by atoms with Crippen molar-refractivity contribution < 1.29 is 41.4 Å². The van der Waals surface area contributed by atoms with Crippen molar-refractivity contribution in [2.45, 2.75) is 168 Å². The maximum atomic E-state index is 16.0. The molecular weight excluding hydrogens is 1880 g/mol. The van der Waals surface area contributed by atoms with Gasteiger partial charge in [0, 0.05) is 118 Å². The summed E-state index contributed by atoms with van der Waals surface area (Å²) in [5.74, 6) is -2.96. The number of nitriles is 1. The molecule has 4 atom stereocenters. The molecule has 5 aliphatic rings. The van der Waals surface area contributed by atoms with Crippen molar-refractivity contribution >= 4 is 103 Å². The Labute approximate surface area is 834 Å².